The summed E-state index contributed by atoms with van der Waals surface area (Å²) in [6, 6.07) is 15.4. The fourth-order valence-electron chi connectivity index (χ4n) is 6.16. The lowest BCUT2D eigenvalue weighted by atomic mass is 9.95. The molecular formula is C37H43N3O5Si. The molecule has 0 unspecified atom stereocenters. The Morgan fingerprint density at radius 1 is 0.804 bits per heavy atom. The van der Waals surface area contributed by atoms with Crippen molar-refractivity contribution in [2.24, 2.45) is 0 Å². The van der Waals surface area contributed by atoms with Crippen LogP contribution in [0.15, 0.2) is 73.1 Å². The Hall–Kier alpha value is -4.21. The van der Waals surface area contributed by atoms with Crippen LogP contribution in [0.25, 0.3) is 33.0 Å². The fraction of sp³-hybridized carbons (Fsp3) is 0.378. The minimum atomic E-state index is -1.97. The summed E-state index contributed by atoms with van der Waals surface area (Å²) >= 11 is 0. The highest BCUT2D eigenvalue weighted by Crippen LogP contribution is 2.44. The molecule has 0 saturated carbocycles. The number of benzene rings is 2. The van der Waals surface area contributed by atoms with Gasteiger partial charge in [-0.25, -0.2) is 4.79 Å². The summed E-state index contributed by atoms with van der Waals surface area (Å²) < 4.78 is 16.0. The lowest BCUT2D eigenvalue weighted by Gasteiger charge is -2.38. The molecule has 3 heterocycles. The summed E-state index contributed by atoms with van der Waals surface area (Å²) in [5.41, 5.74) is 2.65. The topological polar surface area (TPSA) is 82.8 Å². The molecule has 2 aromatic carbocycles. The van der Waals surface area contributed by atoms with Crippen LogP contribution in [0, 0.1) is 0 Å². The molecule has 4 aromatic rings. The van der Waals surface area contributed by atoms with E-state index in [0.717, 1.165) is 22.2 Å². The van der Waals surface area contributed by atoms with Crippen LogP contribution in [-0.2, 0) is 18.8 Å². The van der Waals surface area contributed by atoms with Gasteiger partial charge in [-0.05, 0) is 51.0 Å². The van der Waals surface area contributed by atoms with Gasteiger partial charge in [-0.15, -0.1) is 0 Å². The Bertz CT molecular complexity index is 1960. The van der Waals surface area contributed by atoms with Gasteiger partial charge in [-0.1, -0.05) is 69.3 Å². The maximum Gasteiger partial charge on any atom is 0.419 e. The number of carbonyl (C=O) groups excluding carboxylic acids is 3. The van der Waals surface area contributed by atoms with Crippen LogP contribution in [-0.4, -0.2) is 59.0 Å². The molecule has 0 bridgehead atoms. The van der Waals surface area contributed by atoms with E-state index in [1.165, 1.54) is 11.6 Å². The van der Waals surface area contributed by atoms with Crippen molar-refractivity contribution in [3.63, 3.8) is 0 Å². The first-order chi connectivity index (χ1) is 21.5. The molecule has 9 heteroatoms. The van der Waals surface area contributed by atoms with E-state index in [9.17, 15) is 14.4 Å². The van der Waals surface area contributed by atoms with Crippen molar-refractivity contribution >= 4 is 59.2 Å². The average Bonchev–Trinajstić information content (AvgIpc) is 3.72. The average molecular weight is 638 g/mol. The zero-order valence-corrected chi connectivity index (χ0v) is 29.2. The van der Waals surface area contributed by atoms with Gasteiger partial charge in [0.05, 0.1) is 28.8 Å². The first-order valence-corrected chi connectivity index (χ1v) is 18.8. The van der Waals surface area contributed by atoms with Crippen LogP contribution in [0.4, 0.5) is 4.79 Å². The van der Waals surface area contributed by atoms with Crippen molar-refractivity contribution in [2.45, 2.75) is 83.8 Å². The first kappa shape index (κ1) is 31.8. The Balaban J connectivity index is 1.49. The van der Waals surface area contributed by atoms with E-state index in [4.69, 9.17) is 9.16 Å². The van der Waals surface area contributed by atoms with E-state index < -0.39 is 25.9 Å². The standard InChI is InChI=1S/C37H43N3O5Si/c1-36(2,3)44-35(43)40-22-28(26-15-11-13-17-30(26)40)32-31(33(41)38(7)34(32)42)27-21-39(29-16-12-10-14-25(27)29)23-18-19-24(20-23)45-46(8,9)37(4,5)6/h10-19,21-24H,20H2,1-9H3/t23-,24+/m0/s1. The molecule has 240 valence electrons. The van der Waals surface area contributed by atoms with Crippen molar-refractivity contribution in [2.75, 3.05) is 7.05 Å². The van der Waals surface area contributed by atoms with Gasteiger partial charge < -0.3 is 13.7 Å². The number of amides is 2. The van der Waals surface area contributed by atoms with Crippen LogP contribution in [0.2, 0.25) is 18.1 Å². The first-order valence-electron chi connectivity index (χ1n) is 15.8. The van der Waals surface area contributed by atoms with Gasteiger partial charge in [0.1, 0.15) is 5.60 Å². The SMILES string of the molecule is CN1C(=O)C(c2cn(C(=O)OC(C)(C)C)c3ccccc23)=C(c2cn([C@H]3C=C[C@@H](O[Si](C)(C)C(C)(C)C)C3)c3ccccc23)C1=O. The second-order valence-electron chi connectivity index (χ2n) is 14.9. The van der Waals surface area contributed by atoms with Crippen LogP contribution in [0.5, 0.6) is 0 Å². The quantitative estimate of drug-likeness (QED) is 0.125. The molecule has 0 fully saturated rings. The van der Waals surface area contributed by atoms with Crippen molar-refractivity contribution in [1.29, 1.82) is 0 Å². The minimum Gasteiger partial charge on any atom is -0.443 e. The van der Waals surface area contributed by atoms with Gasteiger partial charge in [-0.2, -0.15) is 0 Å². The molecule has 1 aliphatic carbocycles. The summed E-state index contributed by atoms with van der Waals surface area (Å²) in [5.74, 6) is -0.786. The van der Waals surface area contributed by atoms with E-state index >= 15 is 0 Å². The molecule has 46 heavy (non-hydrogen) atoms. The molecule has 0 N–H and O–H groups in total. The fourth-order valence-corrected chi connectivity index (χ4v) is 7.44. The Morgan fingerprint density at radius 2 is 1.35 bits per heavy atom. The van der Waals surface area contributed by atoms with Crippen molar-refractivity contribution in [3.8, 4) is 0 Å². The highest BCUT2D eigenvalue weighted by molar-refractivity contribution is 6.74. The number of allylic oxidation sites excluding steroid dienone is 1. The third kappa shape index (κ3) is 5.35. The predicted molar refractivity (Wildman–Crippen MR) is 185 cm³/mol. The van der Waals surface area contributed by atoms with Crippen molar-refractivity contribution in [1.82, 2.24) is 14.0 Å². The molecule has 0 radical (unpaired) electrons. The van der Waals surface area contributed by atoms with Crippen molar-refractivity contribution < 1.29 is 23.5 Å². The summed E-state index contributed by atoms with van der Waals surface area (Å²) in [4.78, 5) is 42.3. The molecule has 2 atom stereocenters. The molecule has 2 aliphatic rings. The van der Waals surface area contributed by atoms with Gasteiger partial charge >= 0.3 is 6.09 Å². The number of hydrogen-bond donors (Lipinski definition) is 0. The zero-order chi connectivity index (χ0) is 33.3. The normalized spacial score (nSPS) is 19.4. The van der Waals surface area contributed by atoms with Gasteiger partial charge in [0.15, 0.2) is 8.32 Å². The molecule has 2 aromatic heterocycles. The number of para-hydroxylation sites is 2. The molecule has 0 spiro atoms. The number of carbonyl (C=O) groups is 3. The highest BCUT2D eigenvalue weighted by atomic mass is 28.4. The Labute approximate surface area is 271 Å². The second kappa shape index (κ2) is 11.0. The molecular weight excluding hydrogens is 595 g/mol. The van der Waals surface area contributed by atoms with E-state index in [2.05, 4.69) is 50.6 Å². The zero-order valence-electron chi connectivity index (χ0n) is 28.2. The second-order valence-corrected chi connectivity index (χ2v) is 19.7. The number of aromatic nitrogens is 2. The van der Waals surface area contributed by atoms with Crippen molar-refractivity contribution in [3.05, 3.63) is 84.2 Å². The lowest BCUT2D eigenvalue weighted by molar-refractivity contribution is -0.134. The molecule has 8 nitrogen and oxygen atoms in total. The monoisotopic (exact) mass is 637 g/mol. The molecule has 0 saturated heterocycles. The van der Waals surface area contributed by atoms with Crippen LogP contribution < -0.4 is 0 Å². The third-order valence-electron chi connectivity index (χ3n) is 9.50. The number of nitrogens with zero attached hydrogens (tertiary/aromatic N) is 3. The number of hydrogen-bond acceptors (Lipinski definition) is 5. The van der Waals surface area contributed by atoms with E-state index in [-0.39, 0.29) is 28.7 Å². The number of imide groups is 1. The third-order valence-corrected chi connectivity index (χ3v) is 14.0. The summed E-state index contributed by atoms with van der Waals surface area (Å²) in [7, 11) is -0.468. The number of likely N-dealkylation sites (N-methyl/N-ethyl adjacent to an activating group) is 1. The van der Waals surface area contributed by atoms with Crippen LogP contribution in [0.3, 0.4) is 0 Å². The highest BCUT2D eigenvalue weighted by Gasteiger charge is 2.42. The van der Waals surface area contributed by atoms with Gasteiger partial charge in [-0.3, -0.25) is 19.1 Å². The Kier molecular flexibility index (Phi) is 7.56. The van der Waals surface area contributed by atoms with E-state index in [1.54, 1.807) is 6.20 Å². The number of fused-ring (bicyclic) bond motifs is 2. The summed E-state index contributed by atoms with van der Waals surface area (Å²) in [6.45, 7) is 16.7. The maximum absolute atomic E-state index is 14.0. The number of rotatable bonds is 5. The van der Waals surface area contributed by atoms with Crippen LogP contribution >= 0.6 is 0 Å². The molecule has 1 aliphatic heterocycles. The van der Waals surface area contributed by atoms with E-state index in [0.29, 0.717) is 27.6 Å². The Morgan fingerprint density at radius 3 is 1.93 bits per heavy atom. The lowest BCUT2D eigenvalue weighted by Crippen LogP contribution is -2.43. The molecule has 6 rings (SSSR count). The van der Waals surface area contributed by atoms with E-state index in [1.807, 2.05) is 75.5 Å². The van der Waals surface area contributed by atoms with Gasteiger partial charge in [0.25, 0.3) is 11.8 Å². The minimum absolute atomic E-state index is 0.00471. The smallest absolute Gasteiger partial charge is 0.419 e. The largest absolute Gasteiger partial charge is 0.443 e. The summed E-state index contributed by atoms with van der Waals surface area (Å²) in [6.07, 6.45) is 8.21. The number of ether oxygens (including phenoxy) is 1. The predicted octanol–water partition coefficient (Wildman–Crippen LogP) is 8.18. The maximum atomic E-state index is 14.0. The van der Waals surface area contributed by atoms with Gasteiger partial charge in [0, 0.05) is 53.3 Å². The van der Waals surface area contributed by atoms with Crippen LogP contribution in [0.1, 0.15) is 65.1 Å². The molecule has 2 amide bonds. The van der Waals surface area contributed by atoms with Gasteiger partial charge in [0.2, 0.25) is 0 Å². The summed E-state index contributed by atoms with van der Waals surface area (Å²) in [5, 5.41) is 1.67.